The summed E-state index contributed by atoms with van der Waals surface area (Å²) in [6.07, 6.45) is 2.76. The largest absolute Gasteiger partial charge is 0.380 e. The van der Waals surface area contributed by atoms with Gasteiger partial charge in [0.25, 0.3) is 0 Å². The second kappa shape index (κ2) is 6.33. The van der Waals surface area contributed by atoms with E-state index in [1.165, 1.54) is 12.4 Å². The lowest BCUT2D eigenvalue weighted by atomic mass is 9.90. The molecule has 0 radical (unpaired) electrons. The molecule has 20 heavy (non-hydrogen) atoms. The number of aliphatic hydroxyl groups is 1. The first-order chi connectivity index (χ1) is 9.39. The fourth-order valence-corrected chi connectivity index (χ4v) is 2.67. The molecule has 0 fully saturated rings. The smallest absolute Gasteiger partial charge is 0.153 e. The topological polar surface area (TPSA) is 61.8 Å². The van der Waals surface area contributed by atoms with Crippen LogP contribution in [0.1, 0.15) is 11.4 Å². The predicted octanol–water partition coefficient (Wildman–Crippen LogP) is 3.86. The van der Waals surface area contributed by atoms with Crippen LogP contribution >= 0.6 is 46.4 Å². The molecule has 106 valence electrons. The molecule has 0 aliphatic heterocycles. The molecule has 4 nitrogen and oxygen atoms in total. The molecule has 8 heteroatoms. The van der Waals surface area contributed by atoms with E-state index < -0.39 is 5.60 Å². The fourth-order valence-electron chi connectivity index (χ4n) is 1.78. The standard InChI is InChI=1S/C12H9Cl4N3O/c13-8-1-7(2-9(14)3-8)12(20,4-10(15)16)5-11-17-6-18-19-11/h1-4,6,20H,5H2,(H,17,18,19). The summed E-state index contributed by atoms with van der Waals surface area (Å²) in [5.74, 6) is 0.398. The Hall–Kier alpha value is -0.780. The van der Waals surface area contributed by atoms with Crippen LogP contribution in [0.5, 0.6) is 0 Å². The van der Waals surface area contributed by atoms with Crippen molar-refractivity contribution in [1.29, 1.82) is 0 Å². The normalized spacial score (nSPS) is 13.8. The molecule has 1 heterocycles. The molecule has 0 aliphatic rings. The molecule has 0 bridgehead atoms. The minimum absolute atomic E-state index is 0.0656. The lowest BCUT2D eigenvalue weighted by Crippen LogP contribution is -2.27. The van der Waals surface area contributed by atoms with E-state index in [9.17, 15) is 5.11 Å². The Bertz CT molecular complexity index is 605. The molecule has 2 aromatic rings. The predicted molar refractivity (Wildman–Crippen MR) is 80.2 cm³/mol. The second-order valence-electron chi connectivity index (χ2n) is 4.11. The molecule has 0 saturated heterocycles. The van der Waals surface area contributed by atoms with E-state index >= 15 is 0 Å². The van der Waals surface area contributed by atoms with Gasteiger partial charge in [-0.3, -0.25) is 5.10 Å². The highest BCUT2D eigenvalue weighted by atomic mass is 35.5. The average molecular weight is 353 g/mol. The van der Waals surface area contributed by atoms with Gasteiger partial charge < -0.3 is 5.11 Å². The molecule has 2 rings (SSSR count). The van der Waals surface area contributed by atoms with Crippen LogP contribution in [0.2, 0.25) is 10.0 Å². The third-order valence-electron chi connectivity index (χ3n) is 2.60. The number of rotatable bonds is 4. The highest BCUT2D eigenvalue weighted by Gasteiger charge is 2.30. The number of halogens is 4. The molecule has 0 spiro atoms. The summed E-state index contributed by atoms with van der Waals surface area (Å²) < 4.78 is -0.0841. The Morgan fingerprint density at radius 2 is 1.90 bits per heavy atom. The highest BCUT2D eigenvalue weighted by Crippen LogP contribution is 2.33. The third-order valence-corrected chi connectivity index (χ3v) is 3.26. The summed E-state index contributed by atoms with van der Waals surface area (Å²) >= 11 is 23.3. The van der Waals surface area contributed by atoms with Gasteiger partial charge in [-0.2, -0.15) is 5.10 Å². The quantitative estimate of drug-likeness (QED) is 0.878. The second-order valence-corrected chi connectivity index (χ2v) is 5.99. The summed E-state index contributed by atoms with van der Waals surface area (Å²) in [6.45, 7) is 0. The van der Waals surface area contributed by atoms with Crippen molar-refractivity contribution in [3.63, 3.8) is 0 Å². The molecule has 0 aliphatic carbocycles. The lowest BCUT2D eigenvalue weighted by molar-refractivity contribution is 0.0876. The van der Waals surface area contributed by atoms with E-state index in [-0.39, 0.29) is 10.9 Å². The van der Waals surface area contributed by atoms with Crippen molar-refractivity contribution in [2.24, 2.45) is 0 Å². The van der Waals surface area contributed by atoms with E-state index in [2.05, 4.69) is 15.2 Å². The van der Waals surface area contributed by atoms with Crippen molar-refractivity contribution in [2.45, 2.75) is 12.0 Å². The Kier molecular flexibility index (Phi) is 4.94. The van der Waals surface area contributed by atoms with Gasteiger partial charge >= 0.3 is 0 Å². The van der Waals surface area contributed by atoms with Gasteiger partial charge in [0.1, 0.15) is 16.4 Å². The Morgan fingerprint density at radius 1 is 1.25 bits per heavy atom. The van der Waals surface area contributed by atoms with Crippen molar-refractivity contribution >= 4 is 46.4 Å². The number of nitrogens with one attached hydrogen (secondary N) is 1. The molecule has 1 aromatic heterocycles. The first kappa shape index (κ1) is 15.6. The summed E-state index contributed by atoms with van der Waals surface area (Å²) in [4.78, 5) is 3.97. The van der Waals surface area contributed by atoms with E-state index in [1.807, 2.05) is 0 Å². The van der Waals surface area contributed by atoms with Crippen LogP contribution in [-0.4, -0.2) is 20.3 Å². The molecule has 1 aromatic carbocycles. The number of aromatic amines is 1. The van der Waals surface area contributed by atoms with Gasteiger partial charge in [-0.05, 0) is 29.8 Å². The number of aromatic nitrogens is 3. The van der Waals surface area contributed by atoms with Crippen LogP contribution in [-0.2, 0) is 12.0 Å². The van der Waals surface area contributed by atoms with Gasteiger partial charge in [0.05, 0.1) is 0 Å². The zero-order valence-corrected chi connectivity index (χ0v) is 13.0. The van der Waals surface area contributed by atoms with Gasteiger partial charge in [-0.25, -0.2) is 4.98 Å². The van der Waals surface area contributed by atoms with Crippen molar-refractivity contribution in [3.8, 4) is 0 Å². The minimum Gasteiger partial charge on any atom is -0.380 e. The number of hydrogen-bond acceptors (Lipinski definition) is 3. The Balaban J connectivity index is 2.48. The number of H-pyrrole nitrogens is 1. The van der Waals surface area contributed by atoms with Crippen LogP contribution < -0.4 is 0 Å². The molecule has 0 amide bonds. The zero-order valence-electron chi connectivity index (χ0n) is 9.95. The number of nitrogens with zero attached hydrogens (tertiary/aromatic N) is 2. The lowest BCUT2D eigenvalue weighted by Gasteiger charge is -2.24. The molecular weight excluding hydrogens is 344 g/mol. The van der Waals surface area contributed by atoms with Crippen molar-refractivity contribution in [1.82, 2.24) is 15.2 Å². The van der Waals surface area contributed by atoms with E-state index in [0.29, 0.717) is 21.4 Å². The van der Waals surface area contributed by atoms with Gasteiger partial charge in [0.2, 0.25) is 0 Å². The monoisotopic (exact) mass is 351 g/mol. The summed E-state index contributed by atoms with van der Waals surface area (Å²) in [6, 6.07) is 4.71. The van der Waals surface area contributed by atoms with E-state index in [1.54, 1.807) is 18.2 Å². The van der Waals surface area contributed by atoms with Crippen molar-refractivity contribution in [3.05, 3.63) is 56.5 Å². The van der Waals surface area contributed by atoms with Crippen LogP contribution in [0.3, 0.4) is 0 Å². The summed E-state index contributed by atoms with van der Waals surface area (Å²) in [5, 5.41) is 18.1. The molecule has 2 N–H and O–H groups in total. The van der Waals surface area contributed by atoms with Crippen LogP contribution in [0.15, 0.2) is 35.1 Å². The number of hydrogen-bond donors (Lipinski definition) is 2. The van der Waals surface area contributed by atoms with E-state index in [0.717, 1.165) is 0 Å². The van der Waals surface area contributed by atoms with Crippen LogP contribution in [0.25, 0.3) is 0 Å². The summed E-state index contributed by atoms with van der Waals surface area (Å²) in [7, 11) is 0. The molecular formula is C12H9Cl4N3O. The maximum absolute atomic E-state index is 10.8. The maximum Gasteiger partial charge on any atom is 0.153 e. The van der Waals surface area contributed by atoms with Crippen molar-refractivity contribution < 1.29 is 5.11 Å². The van der Waals surface area contributed by atoms with E-state index in [4.69, 9.17) is 46.4 Å². The zero-order chi connectivity index (χ0) is 14.8. The Morgan fingerprint density at radius 3 is 2.40 bits per heavy atom. The maximum atomic E-state index is 10.8. The summed E-state index contributed by atoms with van der Waals surface area (Å²) in [5.41, 5.74) is -1.08. The first-order valence-electron chi connectivity index (χ1n) is 5.46. The van der Waals surface area contributed by atoms with Gasteiger partial charge in [0.15, 0.2) is 5.82 Å². The number of benzene rings is 1. The van der Waals surface area contributed by atoms with Crippen molar-refractivity contribution in [2.75, 3.05) is 0 Å². The van der Waals surface area contributed by atoms with Gasteiger partial charge in [-0.15, -0.1) is 0 Å². The minimum atomic E-state index is -1.52. The SMILES string of the molecule is OC(C=C(Cl)Cl)(Cc1nc[nH]n1)c1cc(Cl)cc(Cl)c1. The molecule has 1 atom stereocenters. The first-order valence-corrected chi connectivity index (χ1v) is 6.98. The molecule has 1 unspecified atom stereocenters. The van der Waals surface area contributed by atoms with Gasteiger partial charge in [-0.1, -0.05) is 46.4 Å². The average Bonchev–Trinajstić information content (AvgIpc) is 2.79. The molecule has 0 saturated carbocycles. The highest BCUT2D eigenvalue weighted by molar-refractivity contribution is 6.55. The van der Waals surface area contributed by atoms with Crippen LogP contribution in [0.4, 0.5) is 0 Å². The fraction of sp³-hybridized carbons (Fsp3) is 0.167. The van der Waals surface area contributed by atoms with Gasteiger partial charge in [0, 0.05) is 16.5 Å². The Labute approximate surface area is 135 Å². The van der Waals surface area contributed by atoms with Crippen LogP contribution in [0, 0.1) is 0 Å². The third kappa shape index (κ3) is 3.87.